The molecule has 1 aliphatic heterocycles. The van der Waals surface area contributed by atoms with Gasteiger partial charge in [-0.05, 0) is 30.2 Å². The van der Waals surface area contributed by atoms with Gasteiger partial charge in [-0.15, -0.1) is 0 Å². The topological polar surface area (TPSA) is 62.8 Å². The third-order valence-corrected chi connectivity index (χ3v) is 4.10. The number of amides is 2. The highest BCUT2D eigenvalue weighted by Gasteiger charge is 2.24. The van der Waals surface area contributed by atoms with E-state index in [1.54, 1.807) is 7.11 Å². The van der Waals surface area contributed by atoms with E-state index in [1.807, 2.05) is 24.3 Å². The monoisotopic (exact) mass is 321 g/mol. The maximum atomic E-state index is 12.1. The van der Waals surface area contributed by atoms with Crippen LogP contribution in [0.1, 0.15) is 13.8 Å². The lowest BCUT2D eigenvalue weighted by atomic mass is 10.0. The van der Waals surface area contributed by atoms with Crippen LogP contribution in [-0.2, 0) is 4.74 Å². The molecule has 1 atom stereocenters. The zero-order valence-corrected chi connectivity index (χ0v) is 14.2. The van der Waals surface area contributed by atoms with Crippen LogP contribution in [0.3, 0.4) is 0 Å². The molecule has 1 heterocycles. The molecule has 1 saturated heterocycles. The fourth-order valence-electron chi connectivity index (χ4n) is 2.74. The maximum absolute atomic E-state index is 12.1. The van der Waals surface area contributed by atoms with Crippen molar-refractivity contribution in [1.29, 1.82) is 0 Å². The molecule has 0 bridgehead atoms. The lowest BCUT2D eigenvalue weighted by molar-refractivity contribution is 0.00728. The SMILES string of the molecule is COc1ccc(NC(=O)NCC(C(C)C)N2CCOCC2)cc1. The molecule has 23 heavy (non-hydrogen) atoms. The van der Waals surface area contributed by atoms with Gasteiger partial charge in [-0.25, -0.2) is 4.79 Å². The Labute approximate surface area is 138 Å². The molecule has 0 radical (unpaired) electrons. The predicted octanol–water partition coefficient (Wildman–Crippen LogP) is 2.17. The van der Waals surface area contributed by atoms with Crippen LogP contribution in [-0.4, -0.2) is 56.9 Å². The average Bonchev–Trinajstić information content (AvgIpc) is 2.56. The van der Waals surface area contributed by atoms with E-state index in [2.05, 4.69) is 29.4 Å². The number of carbonyl (C=O) groups is 1. The summed E-state index contributed by atoms with van der Waals surface area (Å²) in [6, 6.07) is 7.41. The number of nitrogens with one attached hydrogen (secondary N) is 2. The summed E-state index contributed by atoms with van der Waals surface area (Å²) in [4.78, 5) is 14.5. The molecule has 1 aromatic carbocycles. The summed E-state index contributed by atoms with van der Waals surface area (Å²) in [6.45, 7) is 8.36. The summed E-state index contributed by atoms with van der Waals surface area (Å²) < 4.78 is 10.5. The average molecular weight is 321 g/mol. The van der Waals surface area contributed by atoms with Gasteiger partial charge in [0.2, 0.25) is 0 Å². The van der Waals surface area contributed by atoms with Crippen LogP contribution >= 0.6 is 0 Å². The summed E-state index contributed by atoms with van der Waals surface area (Å²) in [7, 11) is 1.62. The molecular formula is C17H27N3O3. The van der Waals surface area contributed by atoms with Crippen LogP contribution in [0.15, 0.2) is 24.3 Å². The zero-order valence-electron chi connectivity index (χ0n) is 14.2. The van der Waals surface area contributed by atoms with Gasteiger partial charge in [0.25, 0.3) is 0 Å². The van der Waals surface area contributed by atoms with Crippen molar-refractivity contribution in [3.8, 4) is 5.75 Å². The van der Waals surface area contributed by atoms with Crippen molar-refractivity contribution in [2.75, 3.05) is 45.3 Å². The van der Waals surface area contributed by atoms with E-state index in [9.17, 15) is 4.79 Å². The first kappa shape index (κ1) is 17.6. The summed E-state index contributed by atoms with van der Waals surface area (Å²) >= 11 is 0. The number of hydrogen-bond acceptors (Lipinski definition) is 4. The molecule has 0 aliphatic carbocycles. The lowest BCUT2D eigenvalue weighted by Gasteiger charge is -2.36. The van der Waals surface area contributed by atoms with Crippen molar-refractivity contribution in [3.05, 3.63) is 24.3 Å². The molecule has 2 N–H and O–H groups in total. The Balaban J connectivity index is 1.83. The fourth-order valence-corrected chi connectivity index (χ4v) is 2.74. The fraction of sp³-hybridized carbons (Fsp3) is 0.588. The third kappa shape index (κ3) is 5.41. The summed E-state index contributed by atoms with van der Waals surface area (Å²) in [5.74, 6) is 1.23. The van der Waals surface area contributed by atoms with E-state index < -0.39 is 0 Å². The van der Waals surface area contributed by atoms with Gasteiger partial charge in [0.05, 0.1) is 20.3 Å². The number of anilines is 1. The molecular weight excluding hydrogens is 294 g/mol. The van der Waals surface area contributed by atoms with Gasteiger partial charge in [-0.2, -0.15) is 0 Å². The largest absolute Gasteiger partial charge is 0.497 e. The van der Waals surface area contributed by atoms with Gasteiger partial charge in [-0.3, -0.25) is 4.90 Å². The van der Waals surface area contributed by atoms with Crippen molar-refractivity contribution in [2.45, 2.75) is 19.9 Å². The third-order valence-electron chi connectivity index (χ3n) is 4.10. The molecule has 128 valence electrons. The van der Waals surface area contributed by atoms with Gasteiger partial charge in [0.15, 0.2) is 0 Å². The van der Waals surface area contributed by atoms with Crippen molar-refractivity contribution in [3.63, 3.8) is 0 Å². The second-order valence-corrected chi connectivity index (χ2v) is 6.02. The van der Waals surface area contributed by atoms with Crippen LogP contribution in [0, 0.1) is 5.92 Å². The zero-order chi connectivity index (χ0) is 16.7. The highest BCUT2D eigenvalue weighted by molar-refractivity contribution is 5.89. The van der Waals surface area contributed by atoms with Crippen LogP contribution in [0.2, 0.25) is 0 Å². The van der Waals surface area contributed by atoms with Gasteiger partial charge in [-0.1, -0.05) is 13.8 Å². The molecule has 1 aromatic rings. The highest BCUT2D eigenvalue weighted by atomic mass is 16.5. The lowest BCUT2D eigenvalue weighted by Crippen LogP contribution is -2.51. The molecule has 0 aromatic heterocycles. The van der Waals surface area contributed by atoms with Crippen LogP contribution in [0.25, 0.3) is 0 Å². The van der Waals surface area contributed by atoms with Crippen LogP contribution in [0.4, 0.5) is 10.5 Å². The standard InChI is InChI=1S/C17H27N3O3/c1-13(2)16(20-8-10-23-11-9-20)12-18-17(21)19-14-4-6-15(22-3)7-5-14/h4-7,13,16H,8-12H2,1-3H3,(H2,18,19,21). The van der Waals surface area contributed by atoms with E-state index >= 15 is 0 Å². The number of carbonyl (C=O) groups excluding carboxylic acids is 1. The van der Waals surface area contributed by atoms with Gasteiger partial charge in [0, 0.05) is 31.4 Å². The smallest absolute Gasteiger partial charge is 0.319 e. The van der Waals surface area contributed by atoms with E-state index in [-0.39, 0.29) is 6.03 Å². The molecule has 2 rings (SSSR count). The Morgan fingerprint density at radius 3 is 2.48 bits per heavy atom. The van der Waals surface area contributed by atoms with Gasteiger partial charge in [0.1, 0.15) is 5.75 Å². The molecule has 1 fully saturated rings. The minimum absolute atomic E-state index is 0.186. The predicted molar refractivity (Wildman–Crippen MR) is 91.0 cm³/mol. The number of nitrogens with zero attached hydrogens (tertiary/aromatic N) is 1. The molecule has 6 heteroatoms. The minimum atomic E-state index is -0.186. The summed E-state index contributed by atoms with van der Waals surface area (Å²) in [5.41, 5.74) is 0.746. The van der Waals surface area contributed by atoms with Gasteiger partial charge < -0.3 is 20.1 Å². The number of benzene rings is 1. The Morgan fingerprint density at radius 2 is 1.91 bits per heavy atom. The number of methoxy groups -OCH3 is 1. The summed E-state index contributed by atoms with van der Waals surface area (Å²) in [6.07, 6.45) is 0. The first-order valence-electron chi connectivity index (χ1n) is 8.11. The number of morpholine rings is 1. The number of rotatable bonds is 6. The quantitative estimate of drug-likeness (QED) is 0.843. The highest BCUT2D eigenvalue weighted by Crippen LogP contribution is 2.15. The van der Waals surface area contributed by atoms with Crippen molar-refractivity contribution in [1.82, 2.24) is 10.2 Å². The number of hydrogen-bond donors (Lipinski definition) is 2. The molecule has 1 unspecified atom stereocenters. The first-order valence-corrected chi connectivity index (χ1v) is 8.11. The Kier molecular flexibility index (Phi) is 6.67. The van der Waals surface area contributed by atoms with Crippen molar-refractivity contribution >= 4 is 11.7 Å². The number of ether oxygens (including phenoxy) is 2. The number of urea groups is 1. The maximum Gasteiger partial charge on any atom is 0.319 e. The molecule has 6 nitrogen and oxygen atoms in total. The van der Waals surface area contributed by atoms with Crippen molar-refractivity contribution < 1.29 is 14.3 Å². The van der Waals surface area contributed by atoms with Crippen LogP contribution in [0.5, 0.6) is 5.75 Å². The second kappa shape index (κ2) is 8.74. The Hall–Kier alpha value is -1.79. The first-order chi connectivity index (χ1) is 11.1. The second-order valence-electron chi connectivity index (χ2n) is 6.02. The normalized spacial score (nSPS) is 16.9. The van der Waals surface area contributed by atoms with Crippen molar-refractivity contribution in [2.24, 2.45) is 5.92 Å². The molecule has 1 aliphatic rings. The minimum Gasteiger partial charge on any atom is -0.497 e. The van der Waals surface area contributed by atoms with E-state index in [0.717, 1.165) is 37.7 Å². The summed E-state index contributed by atoms with van der Waals surface area (Å²) in [5, 5.41) is 5.82. The van der Waals surface area contributed by atoms with Crippen LogP contribution < -0.4 is 15.4 Å². The van der Waals surface area contributed by atoms with E-state index in [1.165, 1.54) is 0 Å². The van der Waals surface area contributed by atoms with E-state index in [4.69, 9.17) is 9.47 Å². The van der Waals surface area contributed by atoms with Gasteiger partial charge >= 0.3 is 6.03 Å². The molecule has 0 spiro atoms. The van der Waals surface area contributed by atoms with E-state index in [0.29, 0.717) is 18.5 Å². The molecule has 2 amide bonds. The Bertz CT molecular complexity index is 484. The molecule has 0 saturated carbocycles. The Morgan fingerprint density at radius 1 is 1.26 bits per heavy atom.